The number of hydrogen-bond donors (Lipinski definition) is 0. The molecule has 1 aliphatic heterocycles. The van der Waals surface area contributed by atoms with E-state index in [9.17, 15) is 4.79 Å². The van der Waals surface area contributed by atoms with Gasteiger partial charge in [0.15, 0.2) is 11.6 Å². The average Bonchev–Trinajstić information content (AvgIpc) is 3.39. The number of carbonyl (C=O) groups is 1. The highest BCUT2D eigenvalue weighted by Crippen LogP contribution is 2.40. The minimum absolute atomic E-state index is 0.127. The van der Waals surface area contributed by atoms with E-state index in [1.807, 2.05) is 13.2 Å². The molecule has 1 saturated carbocycles. The largest absolute Gasteiger partial charge is 0.340 e. The number of aromatic nitrogens is 2. The maximum absolute atomic E-state index is 13.0. The van der Waals surface area contributed by atoms with E-state index in [0.29, 0.717) is 6.04 Å². The third-order valence-electron chi connectivity index (χ3n) is 6.47. The normalized spacial score (nSPS) is 21.7. The fourth-order valence-corrected chi connectivity index (χ4v) is 4.96. The van der Waals surface area contributed by atoms with Gasteiger partial charge in [-0.1, -0.05) is 44.0 Å². The van der Waals surface area contributed by atoms with Crippen molar-refractivity contribution >= 4 is 29.1 Å². The lowest BCUT2D eigenvalue weighted by Gasteiger charge is -2.43. The van der Waals surface area contributed by atoms with Gasteiger partial charge in [0.1, 0.15) is 11.7 Å². The summed E-state index contributed by atoms with van der Waals surface area (Å²) in [5.41, 5.74) is 4.57. The second-order valence-electron chi connectivity index (χ2n) is 8.11. The molecule has 5 rings (SSSR count). The molecule has 144 valence electrons. The molecule has 1 fully saturated rings. The summed E-state index contributed by atoms with van der Waals surface area (Å²) in [6.45, 7) is 2.10. The second kappa shape index (κ2) is 6.73. The number of nitrogens with zero attached hydrogens (tertiary/aromatic N) is 4. The van der Waals surface area contributed by atoms with Crippen LogP contribution in [0.5, 0.6) is 0 Å². The summed E-state index contributed by atoms with van der Waals surface area (Å²) in [7, 11) is 1.85. The molecule has 3 aliphatic rings. The third kappa shape index (κ3) is 2.64. The number of hydrogen-bond acceptors (Lipinski definition) is 4. The van der Waals surface area contributed by atoms with Crippen LogP contribution >= 0.6 is 0 Å². The Morgan fingerprint density at radius 2 is 1.96 bits per heavy atom. The van der Waals surface area contributed by atoms with E-state index in [4.69, 9.17) is 4.98 Å². The van der Waals surface area contributed by atoms with Gasteiger partial charge in [-0.3, -0.25) is 4.79 Å². The first kappa shape index (κ1) is 17.4. The van der Waals surface area contributed by atoms with Crippen molar-refractivity contribution in [3.05, 3.63) is 47.4 Å². The average molecular weight is 374 g/mol. The highest BCUT2D eigenvalue weighted by molar-refractivity contribution is 6.04. The summed E-state index contributed by atoms with van der Waals surface area (Å²) in [4.78, 5) is 26.8. The van der Waals surface area contributed by atoms with Crippen LogP contribution in [0.3, 0.4) is 0 Å². The van der Waals surface area contributed by atoms with Crippen LogP contribution in [0.4, 0.5) is 11.5 Å². The summed E-state index contributed by atoms with van der Waals surface area (Å²) in [6.07, 6.45) is 10.4. The number of rotatable bonds is 3. The standard InChI is InChI=1S/C23H26N4O/c1-3-19-23(28)26(2)20-14-24-21(17-12-15-8-4-5-9-16(15)13-17)25-22(20)27(19)18-10-6-7-11-18/h4-5,8-9,12,14,18-19H,3,6-7,10-11,13H2,1-2H3/t19-/m1/s1. The van der Waals surface area contributed by atoms with Crippen molar-refractivity contribution in [1.29, 1.82) is 0 Å². The molecule has 0 spiro atoms. The van der Waals surface area contributed by atoms with E-state index in [1.165, 1.54) is 24.0 Å². The van der Waals surface area contributed by atoms with Gasteiger partial charge >= 0.3 is 0 Å². The molecule has 0 N–H and O–H groups in total. The van der Waals surface area contributed by atoms with Crippen molar-refractivity contribution in [1.82, 2.24) is 9.97 Å². The van der Waals surface area contributed by atoms with E-state index in [2.05, 4.69) is 47.1 Å². The quantitative estimate of drug-likeness (QED) is 0.812. The molecule has 0 radical (unpaired) electrons. The Balaban J connectivity index is 1.58. The van der Waals surface area contributed by atoms with E-state index < -0.39 is 0 Å². The van der Waals surface area contributed by atoms with Crippen LogP contribution in [-0.4, -0.2) is 35.0 Å². The number of benzene rings is 1. The molecule has 28 heavy (non-hydrogen) atoms. The summed E-state index contributed by atoms with van der Waals surface area (Å²) in [6, 6.07) is 8.74. The maximum atomic E-state index is 13.0. The number of fused-ring (bicyclic) bond motifs is 2. The zero-order chi connectivity index (χ0) is 19.3. The third-order valence-corrected chi connectivity index (χ3v) is 6.47. The summed E-state index contributed by atoms with van der Waals surface area (Å²) in [5.74, 6) is 1.88. The highest BCUT2D eigenvalue weighted by Gasteiger charge is 2.41. The predicted molar refractivity (Wildman–Crippen MR) is 112 cm³/mol. The van der Waals surface area contributed by atoms with Gasteiger partial charge in [0, 0.05) is 25.1 Å². The minimum Gasteiger partial charge on any atom is -0.340 e. The van der Waals surface area contributed by atoms with Crippen LogP contribution in [0, 0.1) is 0 Å². The SMILES string of the molecule is CC[C@@H]1C(=O)N(C)c2cnc(C3=Cc4ccccc4C3)nc2N1C1CCCC1. The molecule has 1 atom stereocenters. The molecule has 1 aromatic heterocycles. The molecule has 2 aromatic rings. The first-order chi connectivity index (χ1) is 13.7. The zero-order valence-electron chi connectivity index (χ0n) is 16.6. The molecule has 1 amide bonds. The molecule has 1 aromatic carbocycles. The number of amides is 1. The number of anilines is 2. The van der Waals surface area contributed by atoms with Crippen LogP contribution in [0.1, 0.15) is 56.0 Å². The van der Waals surface area contributed by atoms with Crippen LogP contribution in [0.2, 0.25) is 0 Å². The van der Waals surface area contributed by atoms with Gasteiger partial charge in [-0.15, -0.1) is 0 Å². The minimum atomic E-state index is -0.127. The van der Waals surface area contributed by atoms with E-state index >= 15 is 0 Å². The summed E-state index contributed by atoms with van der Waals surface area (Å²) < 4.78 is 0. The van der Waals surface area contributed by atoms with Crippen LogP contribution in [0.15, 0.2) is 30.5 Å². The molecule has 2 aliphatic carbocycles. The lowest BCUT2D eigenvalue weighted by Crippen LogP contribution is -2.55. The van der Waals surface area contributed by atoms with Crippen molar-refractivity contribution < 1.29 is 4.79 Å². The molecular weight excluding hydrogens is 348 g/mol. The number of allylic oxidation sites excluding steroid dienone is 1. The summed E-state index contributed by atoms with van der Waals surface area (Å²) in [5, 5.41) is 0. The van der Waals surface area contributed by atoms with Crippen LogP contribution in [-0.2, 0) is 11.2 Å². The van der Waals surface area contributed by atoms with Crippen molar-refractivity contribution in [2.75, 3.05) is 16.8 Å². The molecule has 0 unspecified atom stereocenters. The van der Waals surface area contributed by atoms with Crippen LogP contribution in [0.25, 0.3) is 11.6 Å². The van der Waals surface area contributed by atoms with E-state index in [1.54, 1.807) is 4.90 Å². The Morgan fingerprint density at radius 3 is 2.71 bits per heavy atom. The van der Waals surface area contributed by atoms with Crippen LogP contribution < -0.4 is 9.80 Å². The van der Waals surface area contributed by atoms with Gasteiger partial charge in [-0.2, -0.15) is 0 Å². The molecule has 5 nitrogen and oxygen atoms in total. The van der Waals surface area contributed by atoms with Crippen molar-refractivity contribution in [3.8, 4) is 0 Å². The lowest BCUT2D eigenvalue weighted by molar-refractivity contribution is -0.120. The van der Waals surface area contributed by atoms with Gasteiger partial charge in [0.05, 0.1) is 6.20 Å². The second-order valence-corrected chi connectivity index (χ2v) is 8.11. The first-order valence-corrected chi connectivity index (χ1v) is 10.4. The number of carbonyl (C=O) groups excluding carboxylic acids is 1. The molecular formula is C23H26N4O. The molecule has 0 bridgehead atoms. The molecule has 0 saturated heterocycles. The van der Waals surface area contributed by atoms with Gasteiger partial charge in [0.25, 0.3) is 0 Å². The molecule has 5 heteroatoms. The van der Waals surface area contributed by atoms with Crippen molar-refractivity contribution in [2.45, 2.75) is 57.5 Å². The molecule has 2 heterocycles. The Kier molecular flexibility index (Phi) is 4.18. The predicted octanol–water partition coefficient (Wildman–Crippen LogP) is 4.08. The van der Waals surface area contributed by atoms with Gasteiger partial charge in [-0.25, -0.2) is 9.97 Å². The monoisotopic (exact) mass is 374 g/mol. The van der Waals surface area contributed by atoms with E-state index in [-0.39, 0.29) is 11.9 Å². The van der Waals surface area contributed by atoms with Gasteiger partial charge < -0.3 is 9.80 Å². The Labute approximate surface area is 166 Å². The summed E-state index contributed by atoms with van der Waals surface area (Å²) >= 11 is 0. The lowest BCUT2D eigenvalue weighted by atomic mass is 10.0. The first-order valence-electron chi connectivity index (χ1n) is 10.4. The van der Waals surface area contributed by atoms with E-state index in [0.717, 1.165) is 48.6 Å². The van der Waals surface area contributed by atoms with Crippen molar-refractivity contribution in [3.63, 3.8) is 0 Å². The topological polar surface area (TPSA) is 49.3 Å². The zero-order valence-corrected chi connectivity index (χ0v) is 16.6. The maximum Gasteiger partial charge on any atom is 0.249 e. The Hall–Kier alpha value is -2.69. The highest BCUT2D eigenvalue weighted by atomic mass is 16.2. The fraction of sp³-hybridized carbons (Fsp3) is 0.435. The van der Waals surface area contributed by atoms with Gasteiger partial charge in [0.2, 0.25) is 5.91 Å². The Bertz CT molecular complexity index is 961. The number of likely N-dealkylation sites (N-methyl/N-ethyl adjacent to an activating group) is 1. The fourth-order valence-electron chi connectivity index (χ4n) is 4.96. The smallest absolute Gasteiger partial charge is 0.249 e. The van der Waals surface area contributed by atoms with Crippen molar-refractivity contribution in [2.24, 2.45) is 0 Å². The Morgan fingerprint density at radius 1 is 1.18 bits per heavy atom. The van der Waals surface area contributed by atoms with Gasteiger partial charge in [-0.05, 0) is 36.5 Å².